The molecule has 0 spiro atoms. The lowest BCUT2D eigenvalue weighted by Crippen LogP contribution is -2.49. The molecule has 0 radical (unpaired) electrons. The molecule has 104 valence electrons. The Morgan fingerprint density at radius 1 is 1.11 bits per heavy atom. The van der Waals surface area contributed by atoms with Crippen LogP contribution >= 0.6 is 0 Å². The van der Waals surface area contributed by atoms with Gasteiger partial charge in [-0.15, -0.1) is 0 Å². The third-order valence-electron chi connectivity index (χ3n) is 4.51. The zero-order valence-corrected chi connectivity index (χ0v) is 11.7. The van der Waals surface area contributed by atoms with E-state index in [0.29, 0.717) is 18.2 Å². The van der Waals surface area contributed by atoms with Crippen molar-refractivity contribution in [3.63, 3.8) is 0 Å². The Morgan fingerprint density at radius 3 is 2.44 bits per heavy atom. The number of carbonyl (C=O) groups is 1. The van der Waals surface area contributed by atoms with Gasteiger partial charge in [-0.3, -0.25) is 9.69 Å². The number of Topliss-reactive ketones (excluding diaryl/α,β-unsaturated/α-hetero) is 1. The predicted molar refractivity (Wildman–Crippen MR) is 72.7 cm³/mol. The highest BCUT2D eigenvalue weighted by Crippen LogP contribution is 2.28. The second-order valence-electron chi connectivity index (χ2n) is 5.63. The van der Waals surface area contributed by atoms with Crippen LogP contribution < -0.4 is 0 Å². The van der Waals surface area contributed by atoms with Gasteiger partial charge in [-0.2, -0.15) is 0 Å². The molecule has 3 nitrogen and oxygen atoms in total. The molecule has 0 amide bonds. The number of ether oxygens (including phenoxy) is 1. The second-order valence-corrected chi connectivity index (χ2v) is 5.63. The molecule has 2 aliphatic rings. The molecule has 2 atom stereocenters. The highest BCUT2D eigenvalue weighted by atomic mass is 16.5. The van der Waals surface area contributed by atoms with Crippen LogP contribution in [0, 0.1) is 5.92 Å². The lowest BCUT2D eigenvalue weighted by molar-refractivity contribution is -0.126. The van der Waals surface area contributed by atoms with Crippen molar-refractivity contribution in [2.24, 2.45) is 5.92 Å². The average Bonchev–Trinajstić information content (AvgIpc) is 2.39. The molecule has 1 saturated heterocycles. The van der Waals surface area contributed by atoms with Crippen molar-refractivity contribution in [2.75, 3.05) is 26.3 Å². The number of nitrogens with zero attached hydrogens (tertiary/aromatic N) is 1. The first-order valence-electron chi connectivity index (χ1n) is 7.67. The van der Waals surface area contributed by atoms with E-state index in [-0.39, 0.29) is 5.92 Å². The van der Waals surface area contributed by atoms with E-state index in [1.165, 1.54) is 32.1 Å². The fourth-order valence-electron chi connectivity index (χ4n) is 3.45. The van der Waals surface area contributed by atoms with Gasteiger partial charge >= 0.3 is 0 Å². The van der Waals surface area contributed by atoms with Gasteiger partial charge in [0.25, 0.3) is 0 Å². The Morgan fingerprint density at radius 2 is 1.78 bits per heavy atom. The summed E-state index contributed by atoms with van der Waals surface area (Å²) in [5, 5.41) is 0. The average molecular weight is 253 g/mol. The molecule has 0 bridgehead atoms. The second kappa shape index (κ2) is 7.25. The molecule has 0 N–H and O–H groups in total. The number of ketones is 1. The first-order chi connectivity index (χ1) is 8.83. The normalized spacial score (nSPS) is 31.6. The lowest BCUT2D eigenvalue weighted by Gasteiger charge is -2.39. The first-order valence-corrected chi connectivity index (χ1v) is 7.67. The molecule has 1 aliphatic heterocycles. The van der Waals surface area contributed by atoms with Crippen molar-refractivity contribution in [3.8, 4) is 0 Å². The van der Waals surface area contributed by atoms with Crippen LogP contribution in [0.4, 0.5) is 0 Å². The van der Waals surface area contributed by atoms with Crippen molar-refractivity contribution in [1.82, 2.24) is 4.90 Å². The van der Waals surface area contributed by atoms with Crippen LogP contribution in [-0.4, -0.2) is 43.0 Å². The maximum Gasteiger partial charge on any atom is 0.137 e. The molecular formula is C15H27NO2. The number of hydrogen-bond donors (Lipinski definition) is 0. The SMILES string of the molecule is CCC(=O)C1CCCCCCC1N1CCOCC1. The topological polar surface area (TPSA) is 29.5 Å². The smallest absolute Gasteiger partial charge is 0.137 e. The Balaban J connectivity index is 2.05. The summed E-state index contributed by atoms with van der Waals surface area (Å²) in [5.74, 6) is 0.766. The van der Waals surface area contributed by atoms with Gasteiger partial charge in [-0.25, -0.2) is 0 Å². The molecule has 0 aromatic heterocycles. The van der Waals surface area contributed by atoms with Crippen LogP contribution in [0.3, 0.4) is 0 Å². The van der Waals surface area contributed by atoms with Crippen LogP contribution in [0.25, 0.3) is 0 Å². The third kappa shape index (κ3) is 3.55. The van der Waals surface area contributed by atoms with Gasteiger partial charge in [0.2, 0.25) is 0 Å². The monoisotopic (exact) mass is 253 g/mol. The lowest BCUT2D eigenvalue weighted by atomic mass is 9.82. The standard InChI is InChI=1S/C15H27NO2/c1-2-15(17)13-7-5-3-4-6-8-14(13)16-9-11-18-12-10-16/h13-14H,2-12H2,1H3. The van der Waals surface area contributed by atoms with Gasteiger partial charge in [0.1, 0.15) is 5.78 Å². The summed E-state index contributed by atoms with van der Waals surface area (Å²) < 4.78 is 5.44. The van der Waals surface area contributed by atoms with Gasteiger partial charge in [0, 0.05) is 31.5 Å². The number of carbonyl (C=O) groups excluding carboxylic acids is 1. The van der Waals surface area contributed by atoms with E-state index in [2.05, 4.69) is 4.90 Å². The molecule has 1 aliphatic carbocycles. The summed E-state index contributed by atoms with van der Waals surface area (Å²) in [7, 11) is 0. The highest BCUT2D eigenvalue weighted by Gasteiger charge is 2.32. The fourth-order valence-corrected chi connectivity index (χ4v) is 3.45. The van der Waals surface area contributed by atoms with E-state index in [0.717, 1.165) is 32.7 Å². The maximum absolute atomic E-state index is 12.2. The Bertz CT molecular complexity index is 261. The first kappa shape index (κ1) is 14.0. The van der Waals surface area contributed by atoms with Gasteiger partial charge in [0.05, 0.1) is 13.2 Å². The van der Waals surface area contributed by atoms with Crippen molar-refractivity contribution in [3.05, 3.63) is 0 Å². The van der Waals surface area contributed by atoms with Gasteiger partial charge in [-0.1, -0.05) is 32.6 Å². The summed E-state index contributed by atoms with van der Waals surface area (Å²) in [6.45, 7) is 5.71. The molecule has 1 heterocycles. The molecule has 1 saturated carbocycles. The number of hydrogen-bond acceptors (Lipinski definition) is 3. The highest BCUT2D eigenvalue weighted by molar-refractivity contribution is 5.81. The zero-order valence-electron chi connectivity index (χ0n) is 11.7. The molecule has 0 aromatic rings. The van der Waals surface area contributed by atoms with Crippen LogP contribution in [0.5, 0.6) is 0 Å². The Kier molecular flexibility index (Phi) is 5.64. The van der Waals surface area contributed by atoms with Crippen molar-refractivity contribution >= 4 is 5.78 Å². The Labute approximate surface area is 111 Å². The molecule has 2 rings (SSSR count). The summed E-state index contributed by atoms with van der Waals surface area (Å²) in [6.07, 6.45) is 8.18. The van der Waals surface area contributed by atoms with Gasteiger partial charge in [0.15, 0.2) is 0 Å². The zero-order chi connectivity index (χ0) is 12.8. The van der Waals surface area contributed by atoms with Gasteiger partial charge in [-0.05, 0) is 12.8 Å². The fraction of sp³-hybridized carbons (Fsp3) is 0.933. The van der Waals surface area contributed by atoms with Crippen LogP contribution in [0.2, 0.25) is 0 Å². The maximum atomic E-state index is 12.2. The van der Waals surface area contributed by atoms with Crippen LogP contribution in [0.15, 0.2) is 0 Å². The number of rotatable bonds is 3. The number of morpholine rings is 1. The Hall–Kier alpha value is -0.410. The predicted octanol–water partition coefficient (Wildman–Crippen LogP) is 2.64. The summed E-state index contributed by atoms with van der Waals surface area (Å²) in [4.78, 5) is 14.7. The van der Waals surface area contributed by atoms with E-state index in [1.54, 1.807) is 0 Å². The molecule has 0 aromatic carbocycles. The van der Waals surface area contributed by atoms with E-state index in [4.69, 9.17) is 4.74 Å². The molecule has 2 fully saturated rings. The minimum absolute atomic E-state index is 0.286. The summed E-state index contributed by atoms with van der Waals surface area (Å²) in [5.41, 5.74) is 0. The van der Waals surface area contributed by atoms with Crippen molar-refractivity contribution in [1.29, 1.82) is 0 Å². The van der Waals surface area contributed by atoms with E-state index in [1.807, 2.05) is 6.92 Å². The minimum Gasteiger partial charge on any atom is -0.379 e. The quantitative estimate of drug-likeness (QED) is 0.774. The van der Waals surface area contributed by atoms with Crippen LogP contribution in [-0.2, 0) is 9.53 Å². The van der Waals surface area contributed by atoms with Crippen LogP contribution in [0.1, 0.15) is 51.9 Å². The van der Waals surface area contributed by atoms with E-state index < -0.39 is 0 Å². The summed E-state index contributed by atoms with van der Waals surface area (Å²) >= 11 is 0. The van der Waals surface area contributed by atoms with E-state index in [9.17, 15) is 4.79 Å². The largest absolute Gasteiger partial charge is 0.379 e. The molecular weight excluding hydrogens is 226 g/mol. The van der Waals surface area contributed by atoms with Gasteiger partial charge < -0.3 is 4.74 Å². The summed E-state index contributed by atoms with van der Waals surface area (Å²) in [6, 6.07) is 0.488. The molecule has 18 heavy (non-hydrogen) atoms. The van der Waals surface area contributed by atoms with Crippen molar-refractivity contribution in [2.45, 2.75) is 57.9 Å². The minimum atomic E-state index is 0.286. The van der Waals surface area contributed by atoms with E-state index >= 15 is 0 Å². The molecule has 3 heteroatoms. The van der Waals surface area contributed by atoms with Crippen molar-refractivity contribution < 1.29 is 9.53 Å². The third-order valence-corrected chi connectivity index (χ3v) is 4.51. The molecule has 2 unspecified atom stereocenters.